The Bertz CT molecular complexity index is 747. The second-order valence-corrected chi connectivity index (χ2v) is 8.40. The Morgan fingerprint density at radius 2 is 1.92 bits per heavy atom. The fraction of sp³-hybridized carbons (Fsp3) is 0.533. The molecule has 140 valence electrons. The standard InChI is InChI=1S/C15H18ClF3N2O3S/c1-21(9-14(22)20-10-4-2-3-5-10)25(23,24)11-6-7-13(16)12(8-11)15(17,18)19/h6-8,10H,2-5,9H2,1H3,(H,20,22). The first-order valence-corrected chi connectivity index (χ1v) is 9.46. The van der Waals surface area contributed by atoms with Crippen LogP contribution in [0.25, 0.3) is 0 Å². The number of alkyl halides is 3. The number of carbonyl (C=O) groups is 1. The van der Waals surface area contributed by atoms with Gasteiger partial charge in [0.25, 0.3) is 0 Å². The lowest BCUT2D eigenvalue weighted by Gasteiger charge is -2.19. The molecule has 0 spiro atoms. The molecule has 1 aromatic carbocycles. The monoisotopic (exact) mass is 398 g/mol. The summed E-state index contributed by atoms with van der Waals surface area (Å²) < 4.78 is 64.3. The van der Waals surface area contributed by atoms with Crippen molar-refractivity contribution in [2.24, 2.45) is 0 Å². The van der Waals surface area contributed by atoms with Gasteiger partial charge >= 0.3 is 6.18 Å². The molecule has 1 fully saturated rings. The van der Waals surface area contributed by atoms with E-state index in [0.29, 0.717) is 6.07 Å². The van der Waals surface area contributed by atoms with E-state index in [4.69, 9.17) is 11.6 Å². The maximum atomic E-state index is 12.9. The number of hydrogen-bond acceptors (Lipinski definition) is 3. The Hall–Kier alpha value is -1.32. The zero-order chi connectivity index (χ0) is 18.8. The molecule has 1 aliphatic rings. The van der Waals surface area contributed by atoms with Gasteiger partial charge in [-0.05, 0) is 31.0 Å². The second kappa shape index (κ2) is 7.51. The SMILES string of the molecule is CN(CC(=O)NC1CCCC1)S(=O)(=O)c1ccc(Cl)c(C(F)(F)F)c1. The molecule has 1 aliphatic carbocycles. The fourth-order valence-corrected chi connectivity index (χ4v) is 4.07. The maximum absolute atomic E-state index is 12.9. The summed E-state index contributed by atoms with van der Waals surface area (Å²) in [7, 11) is -3.11. The van der Waals surface area contributed by atoms with Crippen LogP contribution in [0.2, 0.25) is 5.02 Å². The molecule has 10 heteroatoms. The first kappa shape index (κ1) is 20.0. The van der Waals surface area contributed by atoms with E-state index < -0.39 is 44.1 Å². The zero-order valence-electron chi connectivity index (χ0n) is 13.4. The van der Waals surface area contributed by atoms with Crippen LogP contribution in [0.3, 0.4) is 0 Å². The Morgan fingerprint density at radius 3 is 2.48 bits per heavy atom. The topological polar surface area (TPSA) is 66.5 Å². The lowest BCUT2D eigenvalue weighted by molar-refractivity contribution is -0.137. The molecule has 25 heavy (non-hydrogen) atoms. The molecule has 0 aliphatic heterocycles. The average molecular weight is 399 g/mol. The van der Waals surface area contributed by atoms with Gasteiger partial charge in [0.15, 0.2) is 0 Å². The first-order valence-electron chi connectivity index (χ1n) is 7.64. The molecule has 1 N–H and O–H groups in total. The largest absolute Gasteiger partial charge is 0.417 e. The van der Waals surface area contributed by atoms with Gasteiger partial charge in [-0.15, -0.1) is 0 Å². The molecule has 1 aromatic rings. The summed E-state index contributed by atoms with van der Waals surface area (Å²) in [6.07, 6.45) is -1.09. The second-order valence-electron chi connectivity index (χ2n) is 5.95. The van der Waals surface area contributed by atoms with Gasteiger partial charge < -0.3 is 5.32 Å². The predicted octanol–water partition coefficient (Wildman–Crippen LogP) is 3.04. The first-order chi connectivity index (χ1) is 11.5. The average Bonchev–Trinajstić information content (AvgIpc) is 2.98. The Kier molecular flexibility index (Phi) is 6.01. The molecule has 0 atom stereocenters. The van der Waals surface area contributed by atoms with E-state index in [9.17, 15) is 26.4 Å². The van der Waals surface area contributed by atoms with Gasteiger partial charge in [-0.25, -0.2) is 8.42 Å². The highest BCUT2D eigenvalue weighted by Crippen LogP contribution is 2.36. The predicted molar refractivity (Wildman–Crippen MR) is 86.7 cm³/mol. The number of nitrogens with zero attached hydrogens (tertiary/aromatic N) is 1. The summed E-state index contributed by atoms with van der Waals surface area (Å²) in [4.78, 5) is 11.4. The van der Waals surface area contributed by atoms with Crippen LogP contribution in [0.15, 0.2) is 23.1 Å². The highest BCUT2D eigenvalue weighted by Gasteiger charge is 2.35. The van der Waals surface area contributed by atoms with Crippen molar-refractivity contribution in [1.82, 2.24) is 9.62 Å². The van der Waals surface area contributed by atoms with Crippen molar-refractivity contribution in [2.45, 2.75) is 42.8 Å². The molecule has 0 unspecified atom stereocenters. The summed E-state index contributed by atoms with van der Waals surface area (Å²) in [6.45, 7) is -0.469. The Balaban J connectivity index is 2.15. The molecule has 5 nitrogen and oxygen atoms in total. The van der Waals surface area contributed by atoms with E-state index in [1.165, 1.54) is 0 Å². The smallest absolute Gasteiger partial charge is 0.352 e. The number of halogens is 4. The summed E-state index contributed by atoms with van der Waals surface area (Å²) >= 11 is 5.50. The number of rotatable bonds is 5. The zero-order valence-corrected chi connectivity index (χ0v) is 15.0. The van der Waals surface area contributed by atoms with Gasteiger partial charge in [0, 0.05) is 13.1 Å². The van der Waals surface area contributed by atoms with Crippen molar-refractivity contribution >= 4 is 27.5 Å². The van der Waals surface area contributed by atoms with E-state index in [0.717, 1.165) is 49.2 Å². The number of nitrogens with one attached hydrogen (secondary N) is 1. The van der Waals surface area contributed by atoms with Gasteiger partial charge in [0.1, 0.15) is 0 Å². The van der Waals surface area contributed by atoms with Crippen LogP contribution in [-0.4, -0.2) is 38.3 Å². The third-order valence-corrected chi connectivity index (χ3v) is 6.17. The Labute approximate surface area is 149 Å². The van der Waals surface area contributed by atoms with Crippen LogP contribution in [-0.2, 0) is 21.0 Å². The van der Waals surface area contributed by atoms with E-state index >= 15 is 0 Å². The van der Waals surface area contributed by atoms with Gasteiger partial charge in [-0.1, -0.05) is 24.4 Å². The van der Waals surface area contributed by atoms with Crippen molar-refractivity contribution < 1.29 is 26.4 Å². The van der Waals surface area contributed by atoms with Crippen LogP contribution in [0.1, 0.15) is 31.2 Å². The van der Waals surface area contributed by atoms with Crippen LogP contribution in [0, 0.1) is 0 Å². The van der Waals surface area contributed by atoms with Gasteiger partial charge in [-0.3, -0.25) is 4.79 Å². The Morgan fingerprint density at radius 1 is 1.32 bits per heavy atom. The highest BCUT2D eigenvalue weighted by molar-refractivity contribution is 7.89. The quantitative estimate of drug-likeness (QED) is 0.829. The number of carbonyl (C=O) groups excluding carboxylic acids is 1. The molecule has 0 aromatic heterocycles. The van der Waals surface area contributed by atoms with Crippen LogP contribution >= 0.6 is 11.6 Å². The summed E-state index contributed by atoms with van der Waals surface area (Å²) in [5, 5.41) is 2.14. The summed E-state index contributed by atoms with van der Waals surface area (Å²) in [6, 6.07) is 2.36. The molecular formula is C15H18ClF3N2O3S. The maximum Gasteiger partial charge on any atom is 0.417 e. The molecule has 0 radical (unpaired) electrons. The lowest BCUT2D eigenvalue weighted by Crippen LogP contribution is -2.41. The highest BCUT2D eigenvalue weighted by atomic mass is 35.5. The van der Waals surface area contributed by atoms with Crippen molar-refractivity contribution in [1.29, 1.82) is 0 Å². The number of amides is 1. The van der Waals surface area contributed by atoms with E-state index in [2.05, 4.69) is 5.32 Å². The molecule has 2 rings (SSSR count). The number of benzene rings is 1. The molecular weight excluding hydrogens is 381 g/mol. The number of hydrogen-bond donors (Lipinski definition) is 1. The third-order valence-electron chi connectivity index (χ3n) is 4.04. The van der Waals surface area contributed by atoms with E-state index in [1.54, 1.807) is 0 Å². The third kappa shape index (κ3) is 4.86. The van der Waals surface area contributed by atoms with Crippen molar-refractivity contribution in [2.75, 3.05) is 13.6 Å². The number of sulfonamides is 1. The summed E-state index contributed by atoms with van der Waals surface area (Å²) in [5.74, 6) is -0.483. The molecule has 1 amide bonds. The van der Waals surface area contributed by atoms with E-state index in [-0.39, 0.29) is 6.04 Å². The van der Waals surface area contributed by atoms with Gasteiger partial charge in [0.05, 0.1) is 22.0 Å². The van der Waals surface area contributed by atoms with Crippen LogP contribution < -0.4 is 5.32 Å². The minimum Gasteiger partial charge on any atom is -0.352 e. The molecule has 1 saturated carbocycles. The summed E-state index contributed by atoms with van der Waals surface area (Å²) in [5.41, 5.74) is -1.24. The van der Waals surface area contributed by atoms with Crippen molar-refractivity contribution in [3.63, 3.8) is 0 Å². The van der Waals surface area contributed by atoms with Crippen molar-refractivity contribution in [3.8, 4) is 0 Å². The lowest BCUT2D eigenvalue weighted by atomic mass is 10.2. The van der Waals surface area contributed by atoms with Gasteiger partial charge in [-0.2, -0.15) is 17.5 Å². The number of likely N-dealkylation sites (N-methyl/N-ethyl adjacent to an activating group) is 1. The molecule has 0 bridgehead atoms. The van der Waals surface area contributed by atoms with Gasteiger partial charge in [0.2, 0.25) is 15.9 Å². The van der Waals surface area contributed by atoms with E-state index in [1.807, 2.05) is 0 Å². The van der Waals surface area contributed by atoms with Crippen molar-refractivity contribution in [3.05, 3.63) is 28.8 Å². The minimum absolute atomic E-state index is 0.0240. The van der Waals surface area contributed by atoms with Crippen LogP contribution in [0.4, 0.5) is 13.2 Å². The molecule has 0 saturated heterocycles. The van der Waals surface area contributed by atoms with Crippen LogP contribution in [0.5, 0.6) is 0 Å². The minimum atomic E-state index is -4.78. The molecule has 0 heterocycles. The fourth-order valence-electron chi connectivity index (χ4n) is 2.69. The normalized spacial score (nSPS) is 16.4.